The van der Waals surface area contributed by atoms with E-state index < -0.39 is 6.04 Å². The lowest BCUT2D eigenvalue weighted by atomic mass is 9.48. The molecule has 206 valence electrons. The molecule has 1 heterocycles. The molecule has 0 aromatic heterocycles. The van der Waals surface area contributed by atoms with Crippen LogP contribution in [0.15, 0.2) is 24.3 Å². The smallest absolute Gasteiger partial charge is 0.319 e. The second kappa shape index (κ2) is 10.7. The molecule has 2 unspecified atom stereocenters. The number of nitrogens with zero attached hydrogens (tertiary/aromatic N) is 1. The van der Waals surface area contributed by atoms with Gasteiger partial charge >= 0.3 is 6.03 Å². The fourth-order valence-electron chi connectivity index (χ4n) is 9.34. The van der Waals surface area contributed by atoms with Gasteiger partial charge in [-0.05, 0) is 119 Å². The van der Waals surface area contributed by atoms with Crippen molar-refractivity contribution in [2.75, 3.05) is 11.9 Å². The number of amides is 3. The summed E-state index contributed by atoms with van der Waals surface area (Å²) in [5.41, 5.74) is 1.58. The Morgan fingerprint density at radius 3 is 2.26 bits per heavy atom. The number of likely N-dealkylation sites (tertiary alicyclic amines) is 1. The maximum Gasteiger partial charge on any atom is 0.319 e. The standard InChI is InChI=1S/C32H45N3O3/c1-21-7-5-10-26(13-21)33-31(38)34-27-11-6-12-28(25-8-3-2-4-9-25)35(30(27)37)20-29(36)32-17-22-14-23(18-32)16-24(15-22)19-32/h5,7,10,13,22-25,27-28H,2-4,6,8-9,11-12,14-20H2,1H3,(H2,33,34,38). The zero-order valence-corrected chi connectivity index (χ0v) is 23.1. The van der Waals surface area contributed by atoms with Crippen LogP contribution >= 0.6 is 0 Å². The molecule has 2 N–H and O–H groups in total. The highest BCUT2D eigenvalue weighted by molar-refractivity contribution is 5.96. The number of Topliss-reactive ketones (excluding diaryl/α,β-unsaturated/α-hetero) is 1. The number of nitrogens with one attached hydrogen (secondary N) is 2. The Balaban J connectivity index is 1.20. The minimum Gasteiger partial charge on any atom is -0.330 e. The van der Waals surface area contributed by atoms with Crippen LogP contribution in [-0.4, -0.2) is 41.2 Å². The molecule has 5 aliphatic carbocycles. The van der Waals surface area contributed by atoms with E-state index in [1.54, 1.807) is 0 Å². The van der Waals surface area contributed by atoms with Crippen molar-refractivity contribution >= 4 is 23.4 Å². The van der Waals surface area contributed by atoms with Gasteiger partial charge in [0.2, 0.25) is 5.91 Å². The van der Waals surface area contributed by atoms with Gasteiger partial charge in [-0.2, -0.15) is 0 Å². The first-order chi connectivity index (χ1) is 18.4. The third kappa shape index (κ3) is 5.24. The molecule has 4 bridgehead atoms. The number of rotatable bonds is 6. The van der Waals surface area contributed by atoms with Crippen LogP contribution in [0.5, 0.6) is 0 Å². The summed E-state index contributed by atoms with van der Waals surface area (Å²) < 4.78 is 0. The zero-order valence-electron chi connectivity index (χ0n) is 23.1. The molecule has 6 aliphatic rings. The Morgan fingerprint density at radius 2 is 1.61 bits per heavy atom. The molecule has 1 saturated heterocycles. The molecule has 6 nitrogen and oxygen atoms in total. The lowest BCUT2D eigenvalue weighted by Gasteiger charge is -2.56. The highest BCUT2D eigenvalue weighted by Gasteiger charge is 2.55. The summed E-state index contributed by atoms with van der Waals surface area (Å²) in [6, 6.07) is 6.86. The van der Waals surface area contributed by atoms with Gasteiger partial charge in [0.1, 0.15) is 6.04 Å². The number of anilines is 1. The SMILES string of the molecule is Cc1cccc(NC(=O)NC2CCCC(C3CCCCC3)N(CC(=O)C34CC5CC(CC(C5)C3)C4)C2=O)c1. The summed E-state index contributed by atoms with van der Waals surface area (Å²) in [7, 11) is 0. The average molecular weight is 520 g/mol. The lowest BCUT2D eigenvalue weighted by Crippen LogP contribution is -2.57. The molecular formula is C32H45N3O3. The van der Waals surface area contributed by atoms with E-state index in [1.165, 1.54) is 38.5 Å². The summed E-state index contributed by atoms with van der Waals surface area (Å²) in [6.45, 7) is 2.23. The van der Waals surface area contributed by atoms with E-state index >= 15 is 0 Å². The molecule has 1 aromatic carbocycles. The van der Waals surface area contributed by atoms with Crippen LogP contribution in [0.1, 0.15) is 95.5 Å². The third-order valence-corrected chi connectivity index (χ3v) is 10.7. The lowest BCUT2D eigenvalue weighted by molar-refractivity contribution is -0.151. The van der Waals surface area contributed by atoms with Gasteiger partial charge in [-0.1, -0.05) is 31.4 Å². The second-order valence-corrected chi connectivity index (χ2v) is 13.5. The van der Waals surface area contributed by atoms with Crippen molar-refractivity contribution < 1.29 is 14.4 Å². The van der Waals surface area contributed by atoms with Gasteiger partial charge in [0.25, 0.3) is 0 Å². The van der Waals surface area contributed by atoms with Crippen molar-refractivity contribution in [1.29, 1.82) is 0 Å². The van der Waals surface area contributed by atoms with Crippen molar-refractivity contribution in [2.45, 2.75) is 109 Å². The molecule has 38 heavy (non-hydrogen) atoms. The summed E-state index contributed by atoms with van der Waals surface area (Å²) in [5.74, 6) is 2.86. The normalized spacial score (nSPS) is 35.1. The zero-order chi connectivity index (χ0) is 26.3. The first-order valence-electron chi connectivity index (χ1n) is 15.4. The van der Waals surface area contributed by atoms with Crippen LogP contribution in [0.3, 0.4) is 0 Å². The molecule has 7 rings (SSSR count). The van der Waals surface area contributed by atoms with Crippen LogP contribution in [0.2, 0.25) is 0 Å². The number of carbonyl (C=O) groups is 3. The van der Waals surface area contributed by atoms with Crippen LogP contribution in [0.25, 0.3) is 0 Å². The predicted molar refractivity (Wildman–Crippen MR) is 149 cm³/mol. The van der Waals surface area contributed by atoms with Crippen molar-refractivity contribution in [3.05, 3.63) is 29.8 Å². The molecule has 6 fully saturated rings. The number of carbonyl (C=O) groups excluding carboxylic acids is 3. The number of benzene rings is 1. The van der Waals surface area contributed by atoms with Crippen molar-refractivity contribution in [2.24, 2.45) is 29.1 Å². The molecule has 0 radical (unpaired) electrons. The molecule has 6 heteroatoms. The van der Waals surface area contributed by atoms with Gasteiger partial charge in [0, 0.05) is 17.1 Å². The summed E-state index contributed by atoms with van der Waals surface area (Å²) in [6.07, 6.45) is 15.5. The minimum absolute atomic E-state index is 0.0458. The van der Waals surface area contributed by atoms with Crippen molar-refractivity contribution in [3.63, 3.8) is 0 Å². The summed E-state index contributed by atoms with van der Waals surface area (Å²) in [4.78, 5) is 43.2. The Morgan fingerprint density at radius 1 is 0.921 bits per heavy atom. The van der Waals surface area contributed by atoms with Crippen LogP contribution < -0.4 is 10.6 Å². The van der Waals surface area contributed by atoms with Gasteiger partial charge in [0.05, 0.1) is 6.54 Å². The molecule has 0 spiro atoms. The number of urea groups is 1. The minimum atomic E-state index is -0.586. The maximum absolute atomic E-state index is 14.2. The molecule has 2 atom stereocenters. The van der Waals surface area contributed by atoms with Crippen LogP contribution in [-0.2, 0) is 9.59 Å². The highest BCUT2D eigenvalue weighted by Crippen LogP contribution is 2.60. The van der Waals surface area contributed by atoms with E-state index in [0.717, 1.165) is 56.2 Å². The molecular weight excluding hydrogens is 474 g/mol. The second-order valence-electron chi connectivity index (χ2n) is 13.5. The van der Waals surface area contributed by atoms with E-state index in [2.05, 4.69) is 10.6 Å². The van der Waals surface area contributed by atoms with E-state index in [9.17, 15) is 14.4 Å². The van der Waals surface area contributed by atoms with E-state index in [4.69, 9.17) is 0 Å². The Bertz CT molecular complexity index is 1030. The predicted octanol–water partition coefficient (Wildman–Crippen LogP) is 6.23. The van der Waals surface area contributed by atoms with Gasteiger partial charge in [0.15, 0.2) is 5.78 Å². The first-order valence-corrected chi connectivity index (χ1v) is 15.4. The van der Waals surface area contributed by atoms with Gasteiger partial charge < -0.3 is 15.5 Å². The van der Waals surface area contributed by atoms with Gasteiger partial charge in [-0.25, -0.2) is 4.79 Å². The summed E-state index contributed by atoms with van der Waals surface area (Å²) >= 11 is 0. The fourth-order valence-corrected chi connectivity index (χ4v) is 9.34. The van der Waals surface area contributed by atoms with Crippen LogP contribution in [0.4, 0.5) is 10.5 Å². The largest absolute Gasteiger partial charge is 0.330 e. The average Bonchev–Trinajstić information content (AvgIpc) is 3.02. The molecule has 3 amide bonds. The van der Waals surface area contributed by atoms with Crippen LogP contribution in [0, 0.1) is 36.0 Å². The van der Waals surface area contributed by atoms with Crippen molar-refractivity contribution in [3.8, 4) is 0 Å². The van der Waals surface area contributed by atoms with E-state index in [-0.39, 0.29) is 29.9 Å². The topological polar surface area (TPSA) is 78.5 Å². The van der Waals surface area contributed by atoms with Gasteiger partial charge in [-0.3, -0.25) is 9.59 Å². The summed E-state index contributed by atoms with van der Waals surface area (Å²) in [5, 5.41) is 5.89. The Kier molecular flexibility index (Phi) is 7.26. The highest BCUT2D eigenvalue weighted by atomic mass is 16.2. The van der Waals surface area contributed by atoms with E-state index in [0.29, 0.717) is 35.9 Å². The monoisotopic (exact) mass is 519 g/mol. The number of hydrogen-bond acceptors (Lipinski definition) is 3. The third-order valence-electron chi connectivity index (χ3n) is 10.7. The van der Waals surface area contributed by atoms with Crippen molar-refractivity contribution in [1.82, 2.24) is 10.2 Å². The number of hydrogen-bond donors (Lipinski definition) is 2. The van der Waals surface area contributed by atoms with E-state index in [1.807, 2.05) is 36.1 Å². The fraction of sp³-hybridized carbons (Fsp3) is 0.719. The Hall–Kier alpha value is -2.37. The first kappa shape index (κ1) is 25.9. The molecule has 5 saturated carbocycles. The molecule has 1 aromatic rings. The molecule has 1 aliphatic heterocycles. The Labute approximate surface area is 227 Å². The number of ketones is 1. The van der Waals surface area contributed by atoms with Gasteiger partial charge in [-0.15, -0.1) is 0 Å². The maximum atomic E-state index is 14.2. The number of aryl methyl sites for hydroxylation is 1. The quantitative estimate of drug-likeness (QED) is 0.467.